The standard InChI is InChI=1S/C16H27N3O.HI/c1-4-6-11-20-15-9-7-8-14(12-15)13-19-16(17-3)18-10-5-2;/h7-9,12H,4-6,10-11,13H2,1-3H3,(H2,17,18,19);1H. The van der Waals surface area contributed by atoms with Gasteiger partial charge in [0.15, 0.2) is 5.96 Å². The van der Waals surface area contributed by atoms with Crippen LogP contribution in [0.2, 0.25) is 0 Å². The lowest BCUT2D eigenvalue weighted by molar-refractivity contribution is 0.309. The quantitative estimate of drug-likeness (QED) is 0.301. The molecular formula is C16H28IN3O. The second-order valence-corrected chi connectivity index (χ2v) is 4.70. The summed E-state index contributed by atoms with van der Waals surface area (Å²) in [6.45, 7) is 6.76. The first-order chi connectivity index (χ1) is 9.80. The average Bonchev–Trinajstić information content (AvgIpc) is 2.48. The molecule has 21 heavy (non-hydrogen) atoms. The zero-order valence-corrected chi connectivity index (χ0v) is 15.6. The van der Waals surface area contributed by atoms with Gasteiger partial charge in [-0.15, -0.1) is 24.0 Å². The second-order valence-electron chi connectivity index (χ2n) is 4.70. The molecule has 2 N–H and O–H groups in total. The number of nitrogens with one attached hydrogen (secondary N) is 2. The summed E-state index contributed by atoms with van der Waals surface area (Å²) in [5.74, 6) is 1.78. The lowest BCUT2D eigenvalue weighted by atomic mass is 10.2. The Labute approximate surface area is 145 Å². The van der Waals surface area contributed by atoms with Crippen LogP contribution in [0.25, 0.3) is 0 Å². The van der Waals surface area contributed by atoms with Crippen molar-refractivity contribution in [3.05, 3.63) is 29.8 Å². The van der Waals surface area contributed by atoms with Gasteiger partial charge in [0.2, 0.25) is 0 Å². The van der Waals surface area contributed by atoms with Crippen LogP contribution in [0.15, 0.2) is 29.3 Å². The highest BCUT2D eigenvalue weighted by Crippen LogP contribution is 2.13. The number of benzene rings is 1. The van der Waals surface area contributed by atoms with Crippen molar-refractivity contribution < 1.29 is 4.74 Å². The van der Waals surface area contributed by atoms with E-state index in [2.05, 4.69) is 41.6 Å². The van der Waals surface area contributed by atoms with Crippen LogP contribution >= 0.6 is 24.0 Å². The van der Waals surface area contributed by atoms with E-state index in [1.165, 1.54) is 5.56 Å². The predicted octanol–water partition coefficient (Wildman–Crippen LogP) is 3.56. The Balaban J connectivity index is 0.00000400. The van der Waals surface area contributed by atoms with Crippen molar-refractivity contribution in [2.75, 3.05) is 20.2 Å². The number of ether oxygens (including phenoxy) is 1. The maximum atomic E-state index is 5.71. The Morgan fingerprint density at radius 3 is 2.67 bits per heavy atom. The summed E-state index contributed by atoms with van der Waals surface area (Å²) >= 11 is 0. The van der Waals surface area contributed by atoms with Crippen molar-refractivity contribution in [3.8, 4) is 5.75 Å². The molecule has 0 heterocycles. The maximum Gasteiger partial charge on any atom is 0.191 e. The number of guanidine groups is 1. The van der Waals surface area contributed by atoms with Gasteiger partial charge in [0.1, 0.15) is 5.75 Å². The third kappa shape index (κ3) is 8.80. The predicted molar refractivity (Wildman–Crippen MR) is 101 cm³/mol. The molecule has 0 saturated heterocycles. The molecule has 0 radical (unpaired) electrons. The Morgan fingerprint density at radius 1 is 1.19 bits per heavy atom. The summed E-state index contributed by atoms with van der Waals surface area (Å²) in [4.78, 5) is 4.19. The summed E-state index contributed by atoms with van der Waals surface area (Å²) in [6, 6.07) is 8.20. The fraction of sp³-hybridized carbons (Fsp3) is 0.562. The first-order valence-electron chi connectivity index (χ1n) is 7.46. The van der Waals surface area contributed by atoms with Gasteiger partial charge in [-0.1, -0.05) is 32.4 Å². The van der Waals surface area contributed by atoms with Gasteiger partial charge < -0.3 is 15.4 Å². The molecule has 0 fully saturated rings. The zero-order valence-electron chi connectivity index (χ0n) is 13.3. The van der Waals surface area contributed by atoms with E-state index >= 15 is 0 Å². The van der Waals surface area contributed by atoms with Gasteiger partial charge in [-0.2, -0.15) is 0 Å². The van der Waals surface area contributed by atoms with Crippen molar-refractivity contribution in [2.24, 2.45) is 4.99 Å². The van der Waals surface area contributed by atoms with Crippen LogP contribution in [-0.4, -0.2) is 26.2 Å². The Kier molecular flexibility index (Phi) is 12.1. The molecule has 0 saturated carbocycles. The highest BCUT2D eigenvalue weighted by Gasteiger charge is 1.99. The molecule has 4 nitrogen and oxygen atoms in total. The van der Waals surface area contributed by atoms with Gasteiger partial charge in [-0.05, 0) is 30.5 Å². The molecule has 1 aromatic carbocycles. The molecule has 5 heteroatoms. The molecule has 1 rings (SSSR count). The second kappa shape index (κ2) is 12.7. The molecule has 0 aromatic heterocycles. The Morgan fingerprint density at radius 2 is 2.00 bits per heavy atom. The molecule has 0 spiro atoms. The number of unbranched alkanes of at least 4 members (excludes halogenated alkanes) is 1. The summed E-state index contributed by atoms with van der Waals surface area (Å²) in [5, 5.41) is 6.55. The third-order valence-electron chi connectivity index (χ3n) is 2.89. The van der Waals surface area contributed by atoms with Crippen LogP contribution in [-0.2, 0) is 6.54 Å². The minimum Gasteiger partial charge on any atom is -0.494 e. The van der Waals surface area contributed by atoms with E-state index in [0.717, 1.165) is 50.7 Å². The van der Waals surface area contributed by atoms with Crippen LogP contribution in [0, 0.1) is 0 Å². The summed E-state index contributed by atoms with van der Waals surface area (Å²) in [5.41, 5.74) is 1.19. The lowest BCUT2D eigenvalue weighted by Crippen LogP contribution is -2.37. The van der Waals surface area contributed by atoms with Crippen molar-refractivity contribution in [1.82, 2.24) is 10.6 Å². The highest BCUT2D eigenvalue weighted by atomic mass is 127. The fourth-order valence-corrected chi connectivity index (χ4v) is 1.73. The molecule has 0 aliphatic heterocycles. The van der Waals surface area contributed by atoms with E-state index in [1.807, 2.05) is 12.1 Å². The lowest BCUT2D eigenvalue weighted by Gasteiger charge is -2.12. The minimum atomic E-state index is 0. The molecule has 0 aliphatic carbocycles. The van der Waals surface area contributed by atoms with E-state index in [-0.39, 0.29) is 24.0 Å². The Bertz CT molecular complexity index is 410. The van der Waals surface area contributed by atoms with E-state index in [1.54, 1.807) is 7.05 Å². The van der Waals surface area contributed by atoms with E-state index < -0.39 is 0 Å². The van der Waals surface area contributed by atoms with Crippen LogP contribution < -0.4 is 15.4 Å². The smallest absolute Gasteiger partial charge is 0.191 e. The van der Waals surface area contributed by atoms with E-state index in [0.29, 0.717) is 0 Å². The van der Waals surface area contributed by atoms with Gasteiger partial charge in [0.25, 0.3) is 0 Å². The summed E-state index contributed by atoms with van der Waals surface area (Å²) in [7, 11) is 1.79. The molecule has 0 bridgehead atoms. The fourth-order valence-electron chi connectivity index (χ4n) is 1.73. The van der Waals surface area contributed by atoms with Gasteiger partial charge in [-0.3, -0.25) is 4.99 Å². The summed E-state index contributed by atoms with van der Waals surface area (Å²) < 4.78 is 5.71. The molecule has 0 atom stereocenters. The number of nitrogens with zero attached hydrogens (tertiary/aromatic N) is 1. The molecule has 0 amide bonds. The molecule has 0 aliphatic rings. The number of halogens is 1. The van der Waals surface area contributed by atoms with E-state index in [4.69, 9.17) is 4.74 Å². The van der Waals surface area contributed by atoms with Crippen LogP contribution in [0.1, 0.15) is 38.7 Å². The summed E-state index contributed by atoms with van der Waals surface area (Å²) in [6.07, 6.45) is 3.33. The maximum absolute atomic E-state index is 5.71. The van der Waals surface area contributed by atoms with Crippen LogP contribution in [0.3, 0.4) is 0 Å². The topological polar surface area (TPSA) is 45.6 Å². The SMILES string of the molecule is CCCCOc1cccc(CNC(=NC)NCCC)c1.I. The number of hydrogen-bond acceptors (Lipinski definition) is 2. The van der Waals surface area contributed by atoms with Gasteiger partial charge in [0.05, 0.1) is 6.61 Å². The highest BCUT2D eigenvalue weighted by molar-refractivity contribution is 14.0. The van der Waals surface area contributed by atoms with Crippen molar-refractivity contribution >= 4 is 29.9 Å². The third-order valence-corrected chi connectivity index (χ3v) is 2.89. The van der Waals surface area contributed by atoms with Crippen molar-refractivity contribution in [2.45, 2.75) is 39.7 Å². The Hall–Kier alpha value is -0.980. The molecule has 1 aromatic rings. The average molecular weight is 405 g/mol. The number of aliphatic imine (C=N–C) groups is 1. The van der Waals surface area contributed by atoms with Crippen LogP contribution in [0.5, 0.6) is 5.75 Å². The van der Waals surface area contributed by atoms with Gasteiger partial charge >= 0.3 is 0 Å². The van der Waals surface area contributed by atoms with Gasteiger partial charge in [-0.25, -0.2) is 0 Å². The zero-order chi connectivity index (χ0) is 14.6. The number of rotatable bonds is 8. The van der Waals surface area contributed by atoms with Crippen molar-refractivity contribution in [3.63, 3.8) is 0 Å². The van der Waals surface area contributed by atoms with Crippen molar-refractivity contribution in [1.29, 1.82) is 0 Å². The normalized spacial score (nSPS) is 10.7. The number of hydrogen-bond donors (Lipinski definition) is 2. The largest absolute Gasteiger partial charge is 0.494 e. The molecule has 0 unspecified atom stereocenters. The molecular weight excluding hydrogens is 377 g/mol. The molecule has 120 valence electrons. The monoisotopic (exact) mass is 405 g/mol. The van der Waals surface area contributed by atoms with Gasteiger partial charge in [0, 0.05) is 20.1 Å². The first-order valence-corrected chi connectivity index (χ1v) is 7.46. The first kappa shape index (κ1) is 20.0. The van der Waals surface area contributed by atoms with E-state index in [9.17, 15) is 0 Å². The van der Waals surface area contributed by atoms with Crippen LogP contribution in [0.4, 0.5) is 0 Å². The minimum absolute atomic E-state index is 0.